The Morgan fingerprint density at radius 2 is 1.64 bits per heavy atom. The van der Waals surface area contributed by atoms with Crippen molar-refractivity contribution in [1.29, 1.82) is 0 Å². The summed E-state index contributed by atoms with van der Waals surface area (Å²) in [6, 6.07) is 25.4. The van der Waals surface area contributed by atoms with Crippen LogP contribution in [0.25, 0.3) is 0 Å². The molecule has 0 radical (unpaired) electrons. The highest BCUT2D eigenvalue weighted by Gasteiger charge is 2.37. The van der Waals surface area contributed by atoms with Crippen LogP contribution in [0.1, 0.15) is 69.3 Å². The number of nitrogens with zero attached hydrogens (tertiary/aromatic N) is 3. The Hall–Kier alpha value is -4.04. The number of fused-ring (bicyclic) bond motifs is 1. The van der Waals surface area contributed by atoms with Crippen LogP contribution >= 0.6 is 11.8 Å². The molecule has 0 amide bonds. The van der Waals surface area contributed by atoms with E-state index >= 15 is 0 Å². The molecule has 1 atom stereocenters. The van der Waals surface area contributed by atoms with Crippen molar-refractivity contribution >= 4 is 23.7 Å². The van der Waals surface area contributed by atoms with Gasteiger partial charge in [-0.15, -0.1) is 5.10 Å². The van der Waals surface area contributed by atoms with Crippen molar-refractivity contribution in [3.8, 4) is 5.75 Å². The van der Waals surface area contributed by atoms with Crippen LogP contribution in [-0.4, -0.2) is 26.5 Å². The maximum Gasteiger partial charge on any atom is 0.338 e. The summed E-state index contributed by atoms with van der Waals surface area (Å²) in [4.78, 5) is 18.5. The summed E-state index contributed by atoms with van der Waals surface area (Å²) >= 11 is 1.60. The van der Waals surface area contributed by atoms with E-state index in [1.54, 1.807) is 16.4 Å². The van der Waals surface area contributed by atoms with E-state index in [0.29, 0.717) is 34.7 Å². The highest BCUT2D eigenvalue weighted by Crippen LogP contribution is 2.40. The first kappa shape index (κ1) is 29.5. The molecule has 5 rings (SSSR count). The molecule has 0 spiro atoms. The van der Waals surface area contributed by atoms with Gasteiger partial charge in [0.2, 0.25) is 11.1 Å². The fraction of sp³-hybridized carbons (Fsp3) is 0.324. The molecule has 1 aliphatic rings. The lowest BCUT2D eigenvalue weighted by Gasteiger charge is -2.29. The van der Waals surface area contributed by atoms with Crippen LogP contribution in [0.2, 0.25) is 0 Å². The van der Waals surface area contributed by atoms with E-state index in [1.807, 2.05) is 61.5 Å². The second kappa shape index (κ2) is 12.9. The molecule has 1 N–H and O–H groups in total. The summed E-state index contributed by atoms with van der Waals surface area (Å²) in [5.74, 6) is 1.75. The molecule has 218 valence electrons. The van der Waals surface area contributed by atoms with Gasteiger partial charge < -0.3 is 14.8 Å². The minimum absolute atomic E-state index is 0.0838. The zero-order valence-electron chi connectivity index (χ0n) is 24.9. The van der Waals surface area contributed by atoms with E-state index in [0.717, 1.165) is 28.9 Å². The van der Waals surface area contributed by atoms with Gasteiger partial charge >= 0.3 is 5.97 Å². The molecule has 0 bridgehead atoms. The van der Waals surface area contributed by atoms with Crippen LogP contribution < -0.4 is 10.1 Å². The molecule has 7 nitrogen and oxygen atoms in total. The minimum atomic E-state index is -0.576. The molecule has 1 aliphatic heterocycles. The summed E-state index contributed by atoms with van der Waals surface area (Å²) in [6.45, 7) is 11.2. The molecule has 2 heterocycles. The summed E-state index contributed by atoms with van der Waals surface area (Å²) in [7, 11) is 0. The molecule has 1 aromatic heterocycles. The molecule has 3 aromatic carbocycles. The van der Waals surface area contributed by atoms with Crippen molar-refractivity contribution in [2.75, 3.05) is 11.1 Å². The van der Waals surface area contributed by atoms with Crippen LogP contribution in [0.3, 0.4) is 0 Å². The zero-order chi connectivity index (χ0) is 29.7. The summed E-state index contributed by atoms with van der Waals surface area (Å²) in [5.41, 5.74) is 5.31. The van der Waals surface area contributed by atoms with Gasteiger partial charge in [-0.05, 0) is 41.5 Å². The largest absolute Gasteiger partial charge is 0.489 e. The Morgan fingerprint density at radius 3 is 2.36 bits per heavy atom. The third-order valence-corrected chi connectivity index (χ3v) is 8.17. The second-order valence-electron chi connectivity index (χ2n) is 11.4. The first-order valence-corrected chi connectivity index (χ1v) is 15.3. The molecule has 8 heteroatoms. The molecule has 42 heavy (non-hydrogen) atoms. The smallest absolute Gasteiger partial charge is 0.338 e. The topological polar surface area (TPSA) is 78.3 Å². The molecule has 0 saturated heterocycles. The maximum atomic E-state index is 13.7. The monoisotopic (exact) mass is 582 g/mol. The Labute approximate surface area is 252 Å². The predicted octanol–water partition coefficient (Wildman–Crippen LogP) is 7.69. The number of aromatic nitrogens is 3. The number of nitrogens with one attached hydrogen (secondary N) is 1. The molecular formula is C34H38N4O3S. The van der Waals surface area contributed by atoms with Crippen molar-refractivity contribution in [3.63, 3.8) is 0 Å². The SMILES string of the molecule is CCCSc1nc2n(n1)C(c1ccccc1OCc1ccc(C(C)(C)C)cc1)C(C(=O)OCc1ccccc1)=C(C)N2. The first-order chi connectivity index (χ1) is 20.2. The van der Waals surface area contributed by atoms with E-state index in [2.05, 4.69) is 57.3 Å². The van der Waals surface area contributed by atoms with Crippen LogP contribution in [0.15, 0.2) is 95.3 Å². The number of carbonyl (C=O) groups is 1. The van der Waals surface area contributed by atoms with Gasteiger partial charge in [0.05, 0.1) is 5.57 Å². The van der Waals surface area contributed by atoms with Crippen molar-refractivity contribution in [2.45, 2.75) is 70.9 Å². The molecule has 0 saturated carbocycles. The number of hydrogen-bond acceptors (Lipinski definition) is 7. The van der Waals surface area contributed by atoms with Crippen LogP contribution in [0.5, 0.6) is 5.75 Å². The summed E-state index contributed by atoms with van der Waals surface area (Å²) in [5, 5.41) is 8.79. The number of para-hydroxylation sites is 1. The molecule has 1 unspecified atom stereocenters. The molecule has 4 aromatic rings. The lowest BCUT2D eigenvalue weighted by Crippen LogP contribution is -2.30. The number of thioether (sulfide) groups is 1. The Morgan fingerprint density at radius 1 is 0.952 bits per heavy atom. The fourth-order valence-corrected chi connectivity index (χ4v) is 5.52. The Balaban J connectivity index is 1.47. The van der Waals surface area contributed by atoms with E-state index in [-0.39, 0.29) is 12.0 Å². The first-order valence-electron chi connectivity index (χ1n) is 14.3. The van der Waals surface area contributed by atoms with E-state index in [1.165, 1.54) is 5.56 Å². The summed E-state index contributed by atoms with van der Waals surface area (Å²) in [6.07, 6.45) is 1.01. The average molecular weight is 583 g/mol. The number of benzene rings is 3. The van der Waals surface area contributed by atoms with Gasteiger partial charge in [0.25, 0.3) is 0 Å². The van der Waals surface area contributed by atoms with Crippen molar-refractivity contribution in [1.82, 2.24) is 14.8 Å². The summed E-state index contributed by atoms with van der Waals surface area (Å²) < 4.78 is 14.0. The predicted molar refractivity (Wildman–Crippen MR) is 168 cm³/mol. The van der Waals surface area contributed by atoms with E-state index in [4.69, 9.17) is 19.6 Å². The highest BCUT2D eigenvalue weighted by molar-refractivity contribution is 7.99. The van der Waals surface area contributed by atoms with Crippen LogP contribution in [0.4, 0.5) is 5.95 Å². The van der Waals surface area contributed by atoms with Crippen LogP contribution in [-0.2, 0) is 28.2 Å². The molecule has 0 aliphatic carbocycles. The number of anilines is 1. The zero-order valence-corrected chi connectivity index (χ0v) is 25.7. The Bertz CT molecular complexity index is 1560. The van der Waals surface area contributed by atoms with Crippen LogP contribution in [0, 0.1) is 0 Å². The fourth-order valence-electron chi connectivity index (χ4n) is 4.84. The van der Waals surface area contributed by atoms with Gasteiger partial charge in [0.1, 0.15) is 25.0 Å². The van der Waals surface area contributed by atoms with Gasteiger partial charge in [0, 0.05) is 17.0 Å². The van der Waals surface area contributed by atoms with Gasteiger partial charge in [-0.3, -0.25) is 0 Å². The standard InChI is InChI=1S/C34H38N4O3S/c1-6-20-42-33-36-32-35-23(2)29(31(39)41-22-24-12-8-7-9-13-24)30(38(32)37-33)27-14-10-11-15-28(27)40-21-25-16-18-26(19-17-25)34(3,4)5/h7-19,30H,6,20-22H2,1-5H3,(H,35,36,37). The highest BCUT2D eigenvalue weighted by atomic mass is 32.2. The number of carbonyl (C=O) groups excluding carboxylic acids is 1. The normalized spacial score (nSPS) is 14.7. The number of ether oxygens (including phenoxy) is 2. The maximum absolute atomic E-state index is 13.7. The van der Waals surface area contributed by atoms with Crippen molar-refractivity contribution in [3.05, 3.63) is 112 Å². The third-order valence-electron chi connectivity index (χ3n) is 7.13. The number of allylic oxidation sites excluding steroid dienone is 1. The Kier molecular flexibility index (Phi) is 9.02. The van der Waals surface area contributed by atoms with Gasteiger partial charge in [0.15, 0.2) is 0 Å². The molecule has 0 fully saturated rings. The van der Waals surface area contributed by atoms with Crippen molar-refractivity contribution in [2.24, 2.45) is 0 Å². The van der Waals surface area contributed by atoms with E-state index in [9.17, 15) is 4.79 Å². The average Bonchev–Trinajstić information content (AvgIpc) is 3.40. The van der Waals surface area contributed by atoms with Gasteiger partial charge in [-0.1, -0.05) is 112 Å². The van der Waals surface area contributed by atoms with E-state index < -0.39 is 12.0 Å². The van der Waals surface area contributed by atoms with Crippen molar-refractivity contribution < 1.29 is 14.3 Å². The number of esters is 1. The molecular weight excluding hydrogens is 544 g/mol. The minimum Gasteiger partial charge on any atom is -0.489 e. The van der Waals surface area contributed by atoms with Gasteiger partial charge in [-0.2, -0.15) is 4.98 Å². The number of rotatable bonds is 10. The second-order valence-corrected chi connectivity index (χ2v) is 12.5. The number of hydrogen-bond donors (Lipinski definition) is 1. The lowest BCUT2D eigenvalue weighted by molar-refractivity contribution is -0.140. The lowest BCUT2D eigenvalue weighted by atomic mass is 9.87. The van der Waals surface area contributed by atoms with Gasteiger partial charge in [-0.25, -0.2) is 9.48 Å². The quantitative estimate of drug-likeness (QED) is 0.152. The third kappa shape index (κ3) is 6.71.